The number of urea groups is 1. The van der Waals surface area contributed by atoms with Gasteiger partial charge in [0.05, 0.1) is 12.5 Å². The van der Waals surface area contributed by atoms with Crippen molar-refractivity contribution in [1.29, 1.82) is 0 Å². The first-order valence-corrected chi connectivity index (χ1v) is 9.21. The molecule has 7 nitrogen and oxygen atoms in total. The second kappa shape index (κ2) is 8.56. The van der Waals surface area contributed by atoms with Gasteiger partial charge in [0.15, 0.2) is 0 Å². The minimum absolute atomic E-state index is 0.0233. The Bertz CT molecular complexity index is 879. The Morgan fingerprint density at radius 3 is 2.50 bits per heavy atom. The number of nitrogens with one attached hydrogen (secondary N) is 2. The monoisotopic (exact) mass is 380 g/mol. The van der Waals surface area contributed by atoms with Crippen molar-refractivity contribution in [2.45, 2.75) is 32.4 Å². The zero-order valence-electron chi connectivity index (χ0n) is 15.8. The number of primary amides is 1. The second-order valence-electron chi connectivity index (χ2n) is 6.84. The van der Waals surface area contributed by atoms with Gasteiger partial charge in [-0.25, -0.2) is 4.79 Å². The third kappa shape index (κ3) is 4.68. The lowest BCUT2D eigenvalue weighted by Gasteiger charge is -2.36. The summed E-state index contributed by atoms with van der Waals surface area (Å²) in [6.45, 7) is 2.53. The molecule has 2 aromatic carbocycles. The Labute approximate surface area is 163 Å². The first kappa shape index (κ1) is 19.4. The van der Waals surface area contributed by atoms with Gasteiger partial charge in [-0.15, -0.1) is 0 Å². The van der Waals surface area contributed by atoms with E-state index in [1.54, 1.807) is 24.0 Å². The number of anilines is 1. The summed E-state index contributed by atoms with van der Waals surface area (Å²) in [4.78, 5) is 37.2. The van der Waals surface area contributed by atoms with Crippen LogP contribution in [0.5, 0.6) is 0 Å². The van der Waals surface area contributed by atoms with Crippen LogP contribution in [0.25, 0.3) is 0 Å². The number of nitrogens with zero attached hydrogens (tertiary/aromatic N) is 1. The van der Waals surface area contributed by atoms with Gasteiger partial charge in [0, 0.05) is 25.7 Å². The van der Waals surface area contributed by atoms with Gasteiger partial charge in [-0.2, -0.15) is 0 Å². The Morgan fingerprint density at radius 1 is 1.11 bits per heavy atom. The minimum Gasteiger partial charge on any atom is -0.352 e. The van der Waals surface area contributed by atoms with Crippen LogP contribution < -0.4 is 16.4 Å². The molecule has 28 heavy (non-hydrogen) atoms. The molecule has 7 heteroatoms. The van der Waals surface area contributed by atoms with Crippen LogP contribution in [0.2, 0.25) is 0 Å². The molecule has 0 radical (unpaired) electrons. The molecular formula is C21H24N4O3. The minimum atomic E-state index is -0.621. The average molecular weight is 380 g/mol. The van der Waals surface area contributed by atoms with Crippen LogP contribution in [-0.2, 0) is 22.6 Å². The summed E-state index contributed by atoms with van der Waals surface area (Å²) >= 11 is 0. The zero-order valence-corrected chi connectivity index (χ0v) is 15.8. The van der Waals surface area contributed by atoms with E-state index in [1.165, 1.54) is 5.56 Å². The van der Waals surface area contributed by atoms with Crippen LogP contribution in [0, 0.1) is 0 Å². The topological polar surface area (TPSA) is 105 Å². The van der Waals surface area contributed by atoms with Gasteiger partial charge in [-0.05, 0) is 35.2 Å². The highest BCUT2D eigenvalue weighted by Crippen LogP contribution is 2.32. The van der Waals surface area contributed by atoms with Crippen molar-refractivity contribution < 1.29 is 14.4 Å². The molecule has 1 aliphatic rings. The van der Waals surface area contributed by atoms with Gasteiger partial charge >= 0.3 is 6.03 Å². The number of carbonyl (C=O) groups is 3. The molecule has 1 unspecified atom stereocenters. The van der Waals surface area contributed by atoms with Crippen LogP contribution in [0.4, 0.5) is 10.5 Å². The van der Waals surface area contributed by atoms with Crippen LogP contribution >= 0.6 is 0 Å². The highest BCUT2D eigenvalue weighted by molar-refractivity contribution is 5.87. The average Bonchev–Trinajstić information content (AvgIpc) is 2.67. The molecule has 1 aliphatic heterocycles. The van der Waals surface area contributed by atoms with E-state index in [0.29, 0.717) is 18.8 Å². The molecule has 4 amide bonds. The maximum atomic E-state index is 12.6. The molecule has 0 fully saturated rings. The van der Waals surface area contributed by atoms with Gasteiger partial charge in [-0.3, -0.25) is 9.59 Å². The number of hydrogen-bond donors (Lipinski definition) is 3. The van der Waals surface area contributed by atoms with Gasteiger partial charge in [0.2, 0.25) is 11.8 Å². The van der Waals surface area contributed by atoms with Crippen molar-refractivity contribution >= 4 is 23.5 Å². The largest absolute Gasteiger partial charge is 0.352 e. The summed E-state index contributed by atoms with van der Waals surface area (Å²) in [7, 11) is 0. The molecule has 3 rings (SSSR count). The molecule has 146 valence electrons. The number of benzene rings is 2. The fourth-order valence-corrected chi connectivity index (χ4v) is 3.55. The lowest BCUT2D eigenvalue weighted by Crippen LogP contribution is -2.41. The van der Waals surface area contributed by atoms with E-state index in [4.69, 9.17) is 5.73 Å². The van der Waals surface area contributed by atoms with Crippen molar-refractivity contribution in [2.24, 2.45) is 5.73 Å². The van der Waals surface area contributed by atoms with Crippen LogP contribution in [0.3, 0.4) is 0 Å². The van der Waals surface area contributed by atoms with E-state index in [2.05, 4.69) is 16.7 Å². The van der Waals surface area contributed by atoms with E-state index in [1.807, 2.05) is 30.3 Å². The highest BCUT2D eigenvalue weighted by Gasteiger charge is 2.30. The third-order valence-electron chi connectivity index (χ3n) is 4.91. The van der Waals surface area contributed by atoms with Crippen molar-refractivity contribution in [3.05, 3.63) is 65.2 Å². The van der Waals surface area contributed by atoms with Gasteiger partial charge in [0.1, 0.15) is 0 Å². The van der Waals surface area contributed by atoms with Crippen molar-refractivity contribution in [1.82, 2.24) is 10.2 Å². The van der Waals surface area contributed by atoms with Crippen molar-refractivity contribution in [2.75, 3.05) is 11.9 Å². The summed E-state index contributed by atoms with van der Waals surface area (Å²) in [6, 6.07) is 14.2. The third-order valence-corrected chi connectivity index (χ3v) is 4.91. The SMILES string of the molecule is CC(=O)N1CCc2ccccc2C1CC(=O)NCc1ccc(NC(N)=O)cc1. The second-order valence-corrected chi connectivity index (χ2v) is 6.84. The Morgan fingerprint density at radius 2 is 1.82 bits per heavy atom. The van der Waals surface area contributed by atoms with Gasteiger partial charge in [-0.1, -0.05) is 36.4 Å². The van der Waals surface area contributed by atoms with Crippen molar-refractivity contribution in [3.63, 3.8) is 0 Å². The maximum absolute atomic E-state index is 12.6. The summed E-state index contributed by atoms with van der Waals surface area (Å²) in [6.07, 6.45) is 1.03. The molecule has 0 spiro atoms. The number of fused-ring (bicyclic) bond motifs is 1. The van der Waals surface area contributed by atoms with Gasteiger partial charge < -0.3 is 21.3 Å². The molecule has 4 N–H and O–H groups in total. The fraction of sp³-hybridized carbons (Fsp3) is 0.286. The summed E-state index contributed by atoms with van der Waals surface area (Å²) in [5.74, 6) is -0.142. The smallest absolute Gasteiger partial charge is 0.316 e. The summed E-state index contributed by atoms with van der Waals surface area (Å²) in [5.41, 5.74) is 8.81. The van der Waals surface area contributed by atoms with Gasteiger partial charge in [0.25, 0.3) is 0 Å². The van der Waals surface area contributed by atoms with Crippen LogP contribution in [0.15, 0.2) is 48.5 Å². The normalized spacial score (nSPS) is 15.5. The Balaban J connectivity index is 1.63. The van der Waals surface area contributed by atoms with E-state index < -0.39 is 6.03 Å². The quantitative estimate of drug-likeness (QED) is 0.741. The van der Waals surface area contributed by atoms with E-state index in [-0.39, 0.29) is 24.3 Å². The lowest BCUT2D eigenvalue weighted by molar-refractivity contribution is -0.133. The number of hydrogen-bond acceptors (Lipinski definition) is 3. The molecule has 2 aromatic rings. The molecule has 0 saturated carbocycles. The Hall–Kier alpha value is -3.35. The molecule has 0 saturated heterocycles. The standard InChI is InChI=1S/C21H24N4O3/c1-14(26)25-11-10-16-4-2-3-5-18(16)19(25)12-20(27)23-13-15-6-8-17(9-7-15)24-21(22)28/h2-9,19H,10-13H2,1H3,(H,23,27)(H3,22,24,28). The number of rotatable bonds is 5. The number of amides is 4. The molecule has 1 atom stereocenters. The molecule has 0 aliphatic carbocycles. The van der Waals surface area contributed by atoms with Crippen LogP contribution in [0.1, 0.15) is 36.1 Å². The van der Waals surface area contributed by atoms with E-state index >= 15 is 0 Å². The zero-order chi connectivity index (χ0) is 20.1. The predicted octanol–water partition coefficient (Wildman–Crippen LogP) is 2.33. The van der Waals surface area contributed by atoms with E-state index in [9.17, 15) is 14.4 Å². The number of carbonyl (C=O) groups excluding carboxylic acids is 3. The first-order valence-electron chi connectivity index (χ1n) is 9.21. The fourth-order valence-electron chi connectivity index (χ4n) is 3.55. The Kier molecular flexibility index (Phi) is 5.93. The van der Waals surface area contributed by atoms with E-state index in [0.717, 1.165) is 17.5 Å². The molecule has 0 bridgehead atoms. The lowest BCUT2D eigenvalue weighted by atomic mass is 9.90. The maximum Gasteiger partial charge on any atom is 0.316 e. The molecular weight excluding hydrogens is 356 g/mol. The highest BCUT2D eigenvalue weighted by atomic mass is 16.2. The van der Waals surface area contributed by atoms with Crippen LogP contribution in [-0.4, -0.2) is 29.3 Å². The predicted molar refractivity (Wildman–Crippen MR) is 106 cm³/mol. The first-order chi connectivity index (χ1) is 13.4. The van der Waals surface area contributed by atoms with Crippen molar-refractivity contribution in [3.8, 4) is 0 Å². The molecule has 1 heterocycles. The number of nitrogens with two attached hydrogens (primary N) is 1. The summed E-state index contributed by atoms with van der Waals surface area (Å²) in [5, 5.41) is 5.40. The summed E-state index contributed by atoms with van der Waals surface area (Å²) < 4.78 is 0. The molecule has 0 aromatic heterocycles.